The number of phenolic OH excluding ortho intramolecular Hbond substituents is 1. The number of benzene rings is 1. The number of halogens is 1. The van der Waals surface area contributed by atoms with Crippen molar-refractivity contribution in [2.75, 3.05) is 0 Å². The van der Waals surface area contributed by atoms with E-state index in [1.54, 1.807) is 18.2 Å². The van der Waals surface area contributed by atoms with Gasteiger partial charge in [0.1, 0.15) is 5.75 Å². The van der Waals surface area contributed by atoms with Crippen LogP contribution in [-0.2, 0) is 6.54 Å². The predicted octanol–water partition coefficient (Wildman–Crippen LogP) is 1.45. The minimum atomic E-state index is 0.165. The molecule has 0 radical (unpaired) electrons. The van der Waals surface area contributed by atoms with E-state index in [9.17, 15) is 5.11 Å². The molecule has 2 rings (SSSR count). The van der Waals surface area contributed by atoms with Crippen molar-refractivity contribution in [3.63, 3.8) is 0 Å². The molecule has 14 heavy (non-hydrogen) atoms. The van der Waals surface area contributed by atoms with Crippen LogP contribution in [0.1, 0.15) is 5.69 Å². The maximum absolute atomic E-state index is 9.29. The van der Waals surface area contributed by atoms with Gasteiger partial charge in [-0.3, -0.25) is 0 Å². The smallest absolute Gasteiger partial charge is 0.223 e. The largest absolute Gasteiger partial charge is 0.508 e. The molecule has 1 aromatic heterocycles. The summed E-state index contributed by atoms with van der Waals surface area (Å²) >= 11 is 5.70. The van der Waals surface area contributed by atoms with Crippen LogP contribution in [0.25, 0.3) is 10.9 Å². The second kappa shape index (κ2) is 3.40. The highest BCUT2D eigenvalue weighted by Gasteiger charge is 2.05. The number of hydrogen-bond acceptors (Lipinski definition) is 4. The Balaban J connectivity index is 2.81. The summed E-state index contributed by atoms with van der Waals surface area (Å²) in [6, 6.07) is 4.80. The third-order valence-corrected chi connectivity index (χ3v) is 2.09. The first-order chi connectivity index (χ1) is 6.70. The molecule has 0 atom stereocenters. The summed E-state index contributed by atoms with van der Waals surface area (Å²) in [7, 11) is 0. The van der Waals surface area contributed by atoms with E-state index >= 15 is 0 Å². The Morgan fingerprint density at radius 2 is 2.14 bits per heavy atom. The molecular formula is C9H8ClN3O. The normalized spacial score (nSPS) is 10.7. The van der Waals surface area contributed by atoms with Crippen molar-refractivity contribution in [2.24, 2.45) is 5.73 Å². The lowest BCUT2D eigenvalue weighted by Gasteiger charge is -2.03. The molecule has 3 N–H and O–H groups in total. The molecule has 0 spiro atoms. The van der Waals surface area contributed by atoms with Gasteiger partial charge < -0.3 is 10.8 Å². The Bertz CT molecular complexity index is 487. The summed E-state index contributed by atoms with van der Waals surface area (Å²) < 4.78 is 0. The monoisotopic (exact) mass is 209 g/mol. The number of aromatic nitrogens is 2. The van der Waals surface area contributed by atoms with Crippen LogP contribution in [0.4, 0.5) is 0 Å². The van der Waals surface area contributed by atoms with Gasteiger partial charge in [-0.15, -0.1) is 0 Å². The molecule has 0 fully saturated rings. The van der Waals surface area contributed by atoms with Crippen molar-refractivity contribution in [3.8, 4) is 5.75 Å². The Morgan fingerprint density at radius 3 is 2.86 bits per heavy atom. The average molecular weight is 210 g/mol. The first-order valence-electron chi connectivity index (χ1n) is 4.06. The van der Waals surface area contributed by atoms with Crippen molar-refractivity contribution in [2.45, 2.75) is 6.54 Å². The Morgan fingerprint density at radius 1 is 1.36 bits per heavy atom. The fraction of sp³-hybridized carbons (Fsp3) is 0.111. The topological polar surface area (TPSA) is 72.0 Å². The molecule has 0 saturated carbocycles. The molecule has 0 aliphatic carbocycles. The van der Waals surface area contributed by atoms with E-state index in [0.717, 1.165) is 5.39 Å². The second-order valence-electron chi connectivity index (χ2n) is 2.84. The summed E-state index contributed by atoms with van der Waals surface area (Å²) in [5.74, 6) is 0.165. The summed E-state index contributed by atoms with van der Waals surface area (Å²) in [6.07, 6.45) is 0. The van der Waals surface area contributed by atoms with Crippen LogP contribution in [0.2, 0.25) is 5.28 Å². The summed E-state index contributed by atoms with van der Waals surface area (Å²) in [5.41, 5.74) is 6.82. The van der Waals surface area contributed by atoms with Gasteiger partial charge >= 0.3 is 0 Å². The zero-order valence-electron chi connectivity index (χ0n) is 7.24. The lowest BCUT2D eigenvalue weighted by atomic mass is 10.2. The standard InChI is InChI=1S/C9H8ClN3O/c10-9-12-7-2-1-5(14)3-6(7)8(4-11)13-9/h1-3,14H,4,11H2. The van der Waals surface area contributed by atoms with Crippen LogP contribution in [0.5, 0.6) is 5.75 Å². The van der Waals surface area contributed by atoms with Crippen molar-refractivity contribution in [3.05, 3.63) is 29.2 Å². The molecule has 0 saturated heterocycles. The second-order valence-corrected chi connectivity index (χ2v) is 3.18. The first-order valence-corrected chi connectivity index (χ1v) is 4.43. The highest BCUT2D eigenvalue weighted by atomic mass is 35.5. The van der Waals surface area contributed by atoms with Crippen LogP contribution in [-0.4, -0.2) is 15.1 Å². The lowest BCUT2D eigenvalue weighted by molar-refractivity contribution is 0.476. The van der Waals surface area contributed by atoms with E-state index in [2.05, 4.69) is 9.97 Å². The zero-order valence-corrected chi connectivity index (χ0v) is 7.99. The molecule has 72 valence electrons. The van der Waals surface area contributed by atoms with E-state index in [4.69, 9.17) is 17.3 Å². The molecule has 1 heterocycles. The van der Waals surface area contributed by atoms with Gasteiger partial charge in [0, 0.05) is 11.9 Å². The summed E-state index contributed by atoms with van der Waals surface area (Å²) in [6.45, 7) is 0.266. The maximum Gasteiger partial charge on any atom is 0.223 e. The van der Waals surface area contributed by atoms with Crippen molar-refractivity contribution in [1.82, 2.24) is 9.97 Å². The van der Waals surface area contributed by atoms with Gasteiger partial charge in [-0.1, -0.05) is 0 Å². The summed E-state index contributed by atoms with van der Waals surface area (Å²) in [5, 5.41) is 10.2. The average Bonchev–Trinajstić information content (AvgIpc) is 2.17. The van der Waals surface area contributed by atoms with E-state index in [1.807, 2.05) is 0 Å². The molecule has 0 unspecified atom stereocenters. The number of aromatic hydroxyl groups is 1. The molecule has 0 amide bonds. The minimum Gasteiger partial charge on any atom is -0.508 e. The van der Waals surface area contributed by atoms with Gasteiger partial charge in [-0.25, -0.2) is 9.97 Å². The van der Waals surface area contributed by atoms with E-state index in [-0.39, 0.29) is 17.6 Å². The molecule has 4 nitrogen and oxygen atoms in total. The van der Waals surface area contributed by atoms with Gasteiger partial charge in [0.2, 0.25) is 5.28 Å². The highest BCUT2D eigenvalue weighted by Crippen LogP contribution is 2.21. The number of nitrogens with two attached hydrogens (primary N) is 1. The fourth-order valence-electron chi connectivity index (χ4n) is 1.30. The number of rotatable bonds is 1. The van der Waals surface area contributed by atoms with Crippen LogP contribution in [0.3, 0.4) is 0 Å². The molecule has 0 bridgehead atoms. The van der Waals surface area contributed by atoms with Crippen molar-refractivity contribution in [1.29, 1.82) is 0 Å². The van der Waals surface area contributed by atoms with Crippen molar-refractivity contribution < 1.29 is 5.11 Å². The van der Waals surface area contributed by atoms with Gasteiger partial charge in [-0.05, 0) is 29.8 Å². The fourth-order valence-corrected chi connectivity index (χ4v) is 1.50. The maximum atomic E-state index is 9.29. The van der Waals surface area contributed by atoms with Crippen LogP contribution < -0.4 is 5.73 Å². The number of nitrogens with zero attached hydrogens (tertiary/aromatic N) is 2. The molecule has 0 aliphatic rings. The Hall–Kier alpha value is -1.39. The lowest BCUT2D eigenvalue weighted by Crippen LogP contribution is -2.02. The number of phenols is 1. The van der Waals surface area contributed by atoms with Gasteiger partial charge in [0.15, 0.2) is 0 Å². The SMILES string of the molecule is NCc1nc(Cl)nc2ccc(O)cc12. The van der Waals surface area contributed by atoms with Gasteiger partial charge in [0.25, 0.3) is 0 Å². The molecular weight excluding hydrogens is 202 g/mol. The highest BCUT2D eigenvalue weighted by molar-refractivity contribution is 6.28. The van der Waals surface area contributed by atoms with Crippen LogP contribution in [0, 0.1) is 0 Å². The van der Waals surface area contributed by atoms with Crippen LogP contribution in [0.15, 0.2) is 18.2 Å². The molecule has 2 aromatic rings. The Labute approximate surface area is 85.4 Å². The Kier molecular flexibility index (Phi) is 2.23. The van der Waals surface area contributed by atoms with Crippen molar-refractivity contribution >= 4 is 22.5 Å². The van der Waals surface area contributed by atoms with Gasteiger partial charge in [-0.2, -0.15) is 0 Å². The predicted molar refractivity (Wildman–Crippen MR) is 54.1 cm³/mol. The zero-order chi connectivity index (χ0) is 10.1. The van der Waals surface area contributed by atoms with Gasteiger partial charge in [0.05, 0.1) is 11.2 Å². The number of fused-ring (bicyclic) bond motifs is 1. The third-order valence-electron chi connectivity index (χ3n) is 1.92. The van der Waals surface area contributed by atoms with E-state index in [1.165, 1.54) is 0 Å². The molecule has 1 aromatic carbocycles. The molecule has 0 aliphatic heterocycles. The van der Waals surface area contributed by atoms with Crippen LogP contribution >= 0.6 is 11.6 Å². The number of hydrogen-bond donors (Lipinski definition) is 2. The first kappa shape index (κ1) is 9.18. The van der Waals surface area contributed by atoms with E-state index in [0.29, 0.717) is 11.2 Å². The summed E-state index contributed by atoms with van der Waals surface area (Å²) in [4.78, 5) is 7.99. The third kappa shape index (κ3) is 1.49. The van der Waals surface area contributed by atoms with E-state index < -0.39 is 0 Å². The molecule has 5 heteroatoms. The minimum absolute atomic E-state index is 0.165. The quantitative estimate of drug-likeness (QED) is 0.698.